The van der Waals surface area contributed by atoms with Crippen LogP contribution >= 0.6 is 15.9 Å². The van der Waals surface area contributed by atoms with Crippen LogP contribution in [0.2, 0.25) is 0 Å². The second-order valence-corrected chi connectivity index (χ2v) is 5.48. The van der Waals surface area contributed by atoms with Crippen molar-refractivity contribution in [3.8, 4) is 0 Å². The maximum atomic E-state index is 12.8. The predicted octanol–water partition coefficient (Wildman–Crippen LogP) is 3.76. The Labute approximate surface area is 118 Å². The SMILES string of the molecule is CNC(c1cc(C(F)(F)F)ccc1Br)C1CCOC1. The molecule has 0 bridgehead atoms. The van der Waals surface area contributed by atoms with Crippen LogP contribution in [0.15, 0.2) is 22.7 Å². The van der Waals surface area contributed by atoms with Gasteiger partial charge in [0.05, 0.1) is 12.2 Å². The van der Waals surface area contributed by atoms with Gasteiger partial charge in [-0.15, -0.1) is 0 Å². The summed E-state index contributed by atoms with van der Waals surface area (Å²) in [6, 6.07) is 3.62. The minimum Gasteiger partial charge on any atom is -0.381 e. The van der Waals surface area contributed by atoms with Gasteiger partial charge in [0.15, 0.2) is 0 Å². The number of hydrogen-bond donors (Lipinski definition) is 1. The maximum absolute atomic E-state index is 12.8. The van der Waals surface area contributed by atoms with Gasteiger partial charge < -0.3 is 10.1 Å². The Morgan fingerprint density at radius 2 is 2.16 bits per heavy atom. The lowest BCUT2D eigenvalue weighted by atomic mass is 9.91. The summed E-state index contributed by atoms with van der Waals surface area (Å²) < 4.78 is 44.4. The van der Waals surface area contributed by atoms with Crippen LogP contribution in [0.3, 0.4) is 0 Å². The highest BCUT2D eigenvalue weighted by Gasteiger charge is 2.33. The van der Waals surface area contributed by atoms with E-state index in [9.17, 15) is 13.2 Å². The quantitative estimate of drug-likeness (QED) is 0.906. The molecule has 1 fully saturated rings. The molecule has 1 aliphatic heterocycles. The summed E-state index contributed by atoms with van der Waals surface area (Å²) in [4.78, 5) is 0. The second-order valence-electron chi connectivity index (χ2n) is 4.62. The van der Waals surface area contributed by atoms with E-state index in [2.05, 4.69) is 21.2 Å². The molecule has 1 N–H and O–H groups in total. The number of ether oxygens (including phenoxy) is 1. The molecular weight excluding hydrogens is 323 g/mol. The first kappa shape index (κ1) is 14.8. The van der Waals surface area contributed by atoms with Crippen LogP contribution in [0.25, 0.3) is 0 Å². The zero-order valence-corrected chi connectivity index (χ0v) is 12.0. The van der Waals surface area contributed by atoms with Gasteiger partial charge in [0.1, 0.15) is 0 Å². The van der Waals surface area contributed by atoms with Gasteiger partial charge in [-0.1, -0.05) is 15.9 Å². The number of nitrogens with one attached hydrogen (secondary N) is 1. The third-order valence-corrected chi connectivity index (χ3v) is 4.13. The lowest BCUT2D eigenvalue weighted by Crippen LogP contribution is -2.26. The average Bonchev–Trinajstić information content (AvgIpc) is 2.84. The molecule has 1 aromatic carbocycles. The van der Waals surface area contributed by atoms with Crippen LogP contribution in [0.1, 0.15) is 23.6 Å². The van der Waals surface area contributed by atoms with Crippen LogP contribution < -0.4 is 5.32 Å². The molecule has 0 radical (unpaired) electrons. The smallest absolute Gasteiger partial charge is 0.381 e. The summed E-state index contributed by atoms with van der Waals surface area (Å²) in [5.41, 5.74) is 0.0118. The van der Waals surface area contributed by atoms with Crippen molar-refractivity contribution in [2.45, 2.75) is 18.6 Å². The zero-order valence-electron chi connectivity index (χ0n) is 10.4. The van der Waals surface area contributed by atoms with E-state index in [1.807, 2.05) is 0 Å². The summed E-state index contributed by atoms with van der Waals surface area (Å²) in [6.45, 7) is 1.24. The molecule has 0 aliphatic carbocycles. The van der Waals surface area contributed by atoms with Crippen LogP contribution in [-0.4, -0.2) is 20.3 Å². The molecule has 0 aromatic heterocycles. The molecule has 2 rings (SSSR count). The molecule has 0 amide bonds. The van der Waals surface area contributed by atoms with E-state index in [4.69, 9.17) is 4.74 Å². The van der Waals surface area contributed by atoms with Gasteiger partial charge in [0.25, 0.3) is 0 Å². The standard InChI is InChI=1S/C13H15BrF3NO/c1-18-12(8-4-5-19-7-8)10-6-9(13(15,16)17)2-3-11(10)14/h2-3,6,8,12,18H,4-5,7H2,1H3. The van der Waals surface area contributed by atoms with E-state index in [1.165, 1.54) is 12.1 Å². The molecular formula is C13H15BrF3NO. The number of benzene rings is 1. The minimum absolute atomic E-state index is 0.140. The molecule has 6 heteroatoms. The van der Waals surface area contributed by atoms with Crippen molar-refractivity contribution in [2.75, 3.05) is 20.3 Å². The maximum Gasteiger partial charge on any atom is 0.416 e. The number of halogens is 4. The number of rotatable bonds is 3. The average molecular weight is 338 g/mol. The Morgan fingerprint density at radius 1 is 1.42 bits per heavy atom. The van der Waals surface area contributed by atoms with Gasteiger partial charge in [-0.05, 0) is 37.2 Å². The van der Waals surface area contributed by atoms with E-state index in [0.29, 0.717) is 23.2 Å². The van der Waals surface area contributed by atoms with Crippen LogP contribution in [0, 0.1) is 5.92 Å². The van der Waals surface area contributed by atoms with E-state index >= 15 is 0 Å². The van der Waals surface area contributed by atoms with Crippen LogP contribution in [0.5, 0.6) is 0 Å². The summed E-state index contributed by atoms with van der Waals surface area (Å²) in [6.07, 6.45) is -3.46. The van der Waals surface area contributed by atoms with Crippen molar-refractivity contribution < 1.29 is 17.9 Å². The molecule has 0 saturated carbocycles. The Morgan fingerprint density at radius 3 is 2.68 bits per heavy atom. The monoisotopic (exact) mass is 337 g/mol. The van der Waals surface area contributed by atoms with Crippen LogP contribution in [-0.2, 0) is 10.9 Å². The molecule has 1 saturated heterocycles. The van der Waals surface area contributed by atoms with Crippen molar-refractivity contribution in [3.63, 3.8) is 0 Å². The zero-order chi connectivity index (χ0) is 14.0. The third kappa shape index (κ3) is 3.30. The Bertz CT molecular complexity index is 444. The normalized spacial score (nSPS) is 21.6. The first-order valence-corrected chi connectivity index (χ1v) is 6.84. The van der Waals surface area contributed by atoms with E-state index in [0.717, 1.165) is 12.5 Å². The molecule has 106 valence electrons. The molecule has 2 nitrogen and oxygen atoms in total. The molecule has 1 aliphatic rings. The summed E-state index contributed by atoms with van der Waals surface area (Å²) >= 11 is 3.34. The lowest BCUT2D eigenvalue weighted by molar-refractivity contribution is -0.137. The second kappa shape index (κ2) is 5.81. The van der Waals surface area contributed by atoms with Gasteiger partial charge in [-0.3, -0.25) is 0 Å². The first-order chi connectivity index (χ1) is 8.93. The van der Waals surface area contributed by atoms with Gasteiger partial charge in [0, 0.05) is 23.0 Å². The van der Waals surface area contributed by atoms with Crippen molar-refractivity contribution in [1.82, 2.24) is 5.32 Å². The molecule has 0 spiro atoms. The van der Waals surface area contributed by atoms with E-state index in [1.54, 1.807) is 7.05 Å². The molecule has 2 atom stereocenters. The van der Waals surface area contributed by atoms with Crippen molar-refractivity contribution >= 4 is 15.9 Å². The molecule has 1 heterocycles. The van der Waals surface area contributed by atoms with Crippen LogP contribution in [0.4, 0.5) is 13.2 Å². The summed E-state index contributed by atoms with van der Waals surface area (Å²) in [7, 11) is 1.76. The highest BCUT2D eigenvalue weighted by molar-refractivity contribution is 9.10. The molecule has 1 aromatic rings. The number of alkyl halides is 3. The highest BCUT2D eigenvalue weighted by atomic mass is 79.9. The van der Waals surface area contributed by atoms with E-state index in [-0.39, 0.29) is 12.0 Å². The highest BCUT2D eigenvalue weighted by Crippen LogP contribution is 2.37. The molecule has 19 heavy (non-hydrogen) atoms. The van der Waals surface area contributed by atoms with Gasteiger partial charge in [0.2, 0.25) is 0 Å². The van der Waals surface area contributed by atoms with Gasteiger partial charge in [-0.25, -0.2) is 0 Å². The third-order valence-electron chi connectivity index (χ3n) is 3.41. The number of hydrogen-bond acceptors (Lipinski definition) is 2. The van der Waals surface area contributed by atoms with Gasteiger partial charge in [-0.2, -0.15) is 13.2 Å². The van der Waals surface area contributed by atoms with E-state index < -0.39 is 11.7 Å². The molecule has 2 unspecified atom stereocenters. The first-order valence-electron chi connectivity index (χ1n) is 6.05. The fourth-order valence-corrected chi connectivity index (χ4v) is 2.91. The predicted molar refractivity (Wildman–Crippen MR) is 69.9 cm³/mol. The Kier molecular flexibility index (Phi) is 4.53. The largest absolute Gasteiger partial charge is 0.416 e. The van der Waals surface area contributed by atoms with Crippen molar-refractivity contribution in [1.29, 1.82) is 0 Å². The van der Waals surface area contributed by atoms with Crippen molar-refractivity contribution in [3.05, 3.63) is 33.8 Å². The summed E-state index contributed by atoms with van der Waals surface area (Å²) in [5.74, 6) is 0.199. The summed E-state index contributed by atoms with van der Waals surface area (Å²) in [5, 5.41) is 3.10. The minimum atomic E-state index is -4.32. The fourth-order valence-electron chi connectivity index (χ4n) is 2.42. The lowest BCUT2D eigenvalue weighted by Gasteiger charge is -2.24. The fraction of sp³-hybridized carbons (Fsp3) is 0.538. The van der Waals surface area contributed by atoms with Crippen molar-refractivity contribution in [2.24, 2.45) is 5.92 Å². The van der Waals surface area contributed by atoms with Gasteiger partial charge >= 0.3 is 6.18 Å². The Hall–Kier alpha value is -0.590. The Balaban J connectivity index is 2.35. The topological polar surface area (TPSA) is 21.3 Å².